The van der Waals surface area contributed by atoms with E-state index in [4.69, 9.17) is 4.74 Å². The molecule has 3 aliphatic heterocycles. The molecule has 0 spiro atoms. The van der Waals surface area contributed by atoms with Crippen LogP contribution >= 0.6 is 0 Å². The molecule has 2 aromatic rings. The van der Waals surface area contributed by atoms with Crippen LogP contribution < -0.4 is 15.6 Å². The van der Waals surface area contributed by atoms with Crippen LogP contribution in [0.5, 0.6) is 5.75 Å². The molecule has 0 saturated carbocycles. The van der Waals surface area contributed by atoms with Crippen LogP contribution in [0.4, 0.5) is 4.39 Å². The van der Waals surface area contributed by atoms with E-state index < -0.39 is 0 Å². The molecular formula is C23H28FN3O2. The Hall–Kier alpha value is -2.18. The van der Waals surface area contributed by atoms with E-state index in [-0.39, 0.29) is 17.5 Å². The number of hydrogen-bond donors (Lipinski definition) is 1. The van der Waals surface area contributed by atoms with Crippen molar-refractivity contribution in [3.05, 3.63) is 63.8 Å². The third-order valence-electron chi connectivity index (χ3n) is 6.65. The van der Waals surface area contributed by atoms with Crippen LogP contribution in [0.3, 0.4) is 0 Å². The summed E-state index contributed by atoms with van der Waals surface area (Å²) in [6, 6.07) is 10.8. The fourth-order valence-corrected chi connectivity index (χ4v) is 5.10. The first kappa shape index (κ1) is 18.8. The molecule has 2 saturated heterocycles. The number of halogens is 1. The van der Waals surface area contributed by atoms with Crippen molar-refractivity contribution in [3.63, 3.8) is 0 Å². The first-order valence-electron chi connectivity index (χ1n) is 10.7. The van der Waals surface area contributed by atoms with Gasteiger partial charge in [0.25, 0.3) is 5.56 Å². The van der Waals surface area contributed by atoms with Gasteiger partial charge in [-0.2, -0.15) is 0 Å². The molecule has 5 nitrogen and oxygen atoms in total. The van der Waals surface area contributed by atoms with Crippen LogP contribution in [0.25, 0.3) is 0 Å². The molecule has 0 unspecified atom stereocenters. The standard InChI is InChI=1S/C23H28FN3O2/c24-20-3-1-2-4-22(20)29-19-7-9-26(10-8-19)15-17-5-6-21-18-11-16(12-25-13-18)14-27(21)23(17)28/h1-6,16,18-19,25H,7-15H2/t16-,18+/m0/s1. The van der Waals surface area contributed by atoms with Crippen molar-refractivity contribution in [1.82, 2.24) is 14.8 Å². The van der Waals surface area contributed by atoms with Gasteiger partial charge in [0.1, 0.15) is 6.10 Å². The van der Waals surface area contributed by atoms with Gasteiger partial charge < -0.3 is 14.6 Å². The van der Waals surface area contributed by atoms with Crippen LogP contribution in [0.15, 0.2) is 41.2 Å². The summed E-state index contributed by atoms with van der Waals surface area (Å²) in [5.41, 5.74) is 2.26. The Morgan fingerprint density at radius 2 is 1.93 bits per heavy atom. The number of nitrogens with zero attached hydrogens (tertiary/aromatic N) is 2. The lowest BCUT2D eigenvalue weighted by atomic mass is 9.84. The highest BCUT2D eigenvalue weighted by atomic mass is 19.1. The SMILES string of the molecule is O=c1c(CN2CCC(Oc3ccccc3F)CC2)ccc2n1C[C@@H]1CNC[C@H]2C1. The van der Waals surface area contributed by atoms with Gasteiger partial charge in [-0.15, -0.1) is 0 Å². The van der Waals surface area contributed by atoms with Crippen molar-refractivity contribution in [1.29, 1.82) is 0 Å². The Morgan fingerprint density at radius 1 is 1.10 bits per heavy atom. The highest BCUT2D eigenvalue weighted by Crippen LogP contribution is 2.32. The van der Waals surface area contributed by atoms with E-state index in [1.165, 1.54) is 18.2 Å². The molecule has 4 heterocycles. The Balaban J connectivity index is 1.23. The minimum Gasteiger partial charge on any atom is -0.487 e. The highest BCUT2D eigenvalue weighted by Gasteiger charge is 2.31. The molecule has 0 aliphatic carbocycles. The van der Waals surface area contributed by atoms with Crippen molar-refractivity contribution < 1.29 is 9.13 Å². The topological polar surface area (TPSA) is 46.5 Å². The van der Waals surface area contributed by atoms with E-state index in [0.717, 1.165) is 51.1 Å². The van der Waals surface area contributed by atoms with Gasteiger partial charge in [-0.3, -0.25) is 9.69 Å². The van der Waals surface area contributed by atoms with Crippen molar-refractivity contribution in [2.24, 2.45) is 5.92 Å². The maximum absolute atomic E-state index is 13.8. The van der Waals surface area contributed by atoms with E-state index in [1.807, 2.05) is 10.6 Å². The number of para-hydroxylation sites is 1. The number of hydrogen-bond acceptors (Lipinski definition) is 4. The van der Waals surface area contributed by atoms with Crippen molar-refractivity contribution >= 4 is 0 Å². The van der Waals surface area contributed by atoms with Crippen LogP contribution in [0.2, 0.25) is 0 Å². The summed E-state index contributed by atoms with van der Waals surface area (Å²) in [7, 11) is 0. The van der Waals surface area contributed by atoms with Gasteiger partial charge in [-0.1, -0.05) is 18.2 Å². The number of piperidine rings is 2. The average molecular weight is 397 g/mol. The predicted octanol–water partition coefficient (Wildman–Crippen LogP) is 2.74. The normalized spacial score (nSPS) is 24.9. The van der Waals surface area contributed by atoms with E-state index in [9.17, 15) is 9.18 Å². The maximum atomic E-state index is 13.8. The first-order valence-corrected chi connectivity index (χ1v) is 10.7. The zero-order chi connectivity index (χ0) is 19.8. The Labute approximate surface area is 170 Å². The molecule has 154 valence electrons. The monoisotopic (exact) mass is 397 g/mol. The third-order valence-corrected chi connectivity index (χ3v) is 6.65. The molecule has 0 amide bonds. The lowest BCUT2D eigenvalue weighted by molar-refractivity contribution is 0.0931. The molecule has 0 radical (unpaired) electrons. The van der Waals surface area contributed by atoms with Gasteiger partial charge in [-0.25, -0.2) is 4.39 Å². The Kier molecular flexibility index (Phi) is 5.14. The van der Waals surface area contributed by atoms with Crippen LogP contribution in [0, 0.1) is 11.7 Å². The summed E-state index contributed by atoms with van der Waals surface area (Å²) in [5, 5.41) is 3.49. The fraction of sp³-hybridized carbons (Fsp3) is 0.522. The largest absolute Gasteiger partial charge is 0.487 e. The second-order valence-electron chi connectivity index (χ2n) is 8.68. The molecule has 29 heavy (non-hydrogen) atoms. The maximum Gasteiger partial charge on any atom is 0.255 e. The molecule has 6 heteroatoms. The number of aromatic nitrogens is 1. The minimum atomic E-state index is -0.308. The molecule has 1 aromatic heterocycles. The lowest BCUT2D eigenvalue weighted by Gasteiger charge is -2.38. The summed E-state index contributed by atoms with van der Waals surface area (Å²) >= 11 is 0. The molecule has 2 atom stereocenters. The number of pyridine rings is 1. The van der Waals surface area contributed by atoms with Gasteiger partial charge in [-0.05, 0) is 49.9 Å². The second-order valence-corrected chi connectivity index (χ2v) is 8.68. The lowest BCUT2D eigenvalue weighted by Crippen LogP contribution is -2.46. The molecule has 3 aliphatic rings. The first-order chi connectivity index (χ1) is 14.2. The average Bonchev–Trinajstić information content (AvgIpc) is 2.74. The summed E-state index contributed by atoms with van der Waals surface area (Å²) < 4.78 is 21.7. The minimum absolute atomic E-state index is 0.0275. The number of rotatable bonds is 4. The Morgan fingerprint density at radius 3 is 2.76 bits per heavy atom. The summed E-state index contributed by atoms with van der Waals surface area (Å²) in [5.74, 6) is 1.06. The summed E-state index contributed by atoms with van der Waals surface area (Å²) in [6.45, 7) is 5.22. The van der Waals surface area contributed by atoms with Gasteiger partial charge in [0.15, 0.2) is 11.6 Å². The predicted molar refractivity (Wildman–Crippen MR) is 110 cm³/mol. The van der Waals surface area contributed by atoms with Gasteiger partial charge in [0.05, 0.1) is 0 Å². The van der Waals surface area contributed by atoms with Crippen molar-refractivity contribution in [2.45, 2.75) is 44.4 Å². The number of benzene rings is 1. The summed E-state index contributed by atoms with van der Waals surface area (Å²) in [6.07, 6.45) is 2.91. The number of nitrogens with one attached hydrogen (secondary N) is 1. The second kappa shape index (κ2) is 7.92. The number of ether oxygens (including phenoxy) is 1. The number of fused-ring (bicyclic) bond motifs is 4. The van der Waals surface area contributed by atoms with E-state index in [0.29, 0.717) is 24.1 Å². The highest BCUT2D eigenvalue weighted by molar-refractivity contribution is 5.24. The molecule has 2 fully saturated rings. The molecule has 2 bridgehead atoms. The van der Waals surface area contributed by atoms with Crippen LogP contribution in [-0.2, 0) is 13.1 Å². The molecular weight excluding hydrogens is 369 g/mol. The van der Waals surface area contributed by atoms with Crippen LogP contribution in [0.1, 0.15) is 36.4 Å². The zero-order valence-corrected chi connectivity index (χ0v) is 16.6. The van der Waals surface area contributed by atoms with Crippen LogP contribution in [-0.4, -0.2) is 41.8 Å². The van der Waals surface area contributed by atoms with Gasteiger partial charge in [0, 0.05) is 49.9 Å². The molecule has 5 rings (SSSR count). The zero-order valence-electron chi connectivity index (χ0n) is 16.6. The van der Waals surface area contributed by atoms with E-state index >= 15 is 0 Å². The Bertz CT molecular complexity index is 936. The van der Waals surface area contributed by atoms with Gasteiger partial charge in [0.2, 0.25) is 0 Å². The molecule has 1 N–H and O–H groups in total. The van der Waals surface area contributed by atoms with Crippen molar-refractivity contribution in [3.8, 4) is 5.75 Å². The van der Waals surface area contributed by atoms with Crippen molar-refractivity contribution in [2.75, 3.05) is 26.2 Å². The smallest absolute Gasteiger partial charge is 0.255 e. The third kappa shape index (κ3) is 3.83. The summed E-state index contributed by atoms with van der Waals surface area (Å²) in [4.78, 5) is 15.4. The van der Waals surface area contributed by atoms with E-state index in [1.54, 1.807) is 18.2 Å². The quantitative estimate of drug-likeness (QED) is 0.862. The fourth-order valence-electron chi connectivity index (χ4n) is 5.10. The molecule has 1 aromatic carbocycles. The van der Waals surface area contributed by atoms with Gasteiger partial charge >= 0.3 is 0 Å². The number of likely N-dealkylation sites (tertiary alicyclic amines) is 1. The van der Waals surface area contributed by atoms with E-state index in [2.05, 4.69) is 16.3 Å².